The molecule has 63 heavy (non-hydrogen) atoms. The van der Waals surface area contributed by atoms with Crippen molar-refractivity contribution >= 4 is 25.5 Å². The number of nitrogens with zero attached hydrogens (tertiary/aromatic N) is 1. The highest BCUT2D eigenvalue weighted by molar-refractivity contribution is 7.45. The van der Waals surface area contributed by atoms with Crippen LogP contribution in [0.1, 0.15) is 149 Å². The van der Waals surface area contributed by atoms with Gasteiger partial charge in [0, 0.05) is 31.1 Å². The molecule has 1 unspecified atom stereocenters. The molecule has 1 aliphatic carbocycles. The molecule has 1 rings (SSSR count). The van der Waals surface area contributed by atoms with E-state index in [0.29, 0.717) is 43.1 Å². The third-order valence-corrected chi connectivity index (χ3v) is 11.5. The summed E-state index contributed by atoms with van der Waals surface area (Å²) in [5.41, 5.74) is 0. The number of Topliss-reactive ketones (excluding diaryl/α,β-unsaturated/α-hetero) is 1. The lowest BCUT2D eigenvalue weighted by Gasteiger charge is -2.28. The molecule has 0 saturated heterocycles. The fraction of sp³-hybridized carbons (Fsp3) is 0.700. The maximum atomic E-state index is 12.8. The van der Waals surface area contributed by atoms with Crippen LogP contribution in [0.4, 0.5) is 0 Å². The van der Waals surface area contributed by atoms with Gasteiger partial charge in [-0.1, -0.05) is 125 Å². The van der Waals surface area contributed by atoms with E-state index in [1.165, 1.54) is 25.7 Å². The van der Waals surface area contributed by atoms with Crippen LogP contribution in [0.15, 0.2) is 72.9 Å². The van der Waals surface area contributed by atoms with Gasteiger partial charge in [-0.3, -0.25) is 18.9 Å². The fourth-order valence-electron chi connectivity index (χ4n) is 6.74. The quantitative estimate of drug-likeness (QED) is 0.0199. The topological polar surface area (TPSA) is 169 Å². The van der Waals surface area contributed by atoms with Gasteiger partial charge in [-0.05, 0) is 77.0 Å². The SMILES string of the molecule is CCCCC/C=C\C/C=C\C/C=C\C/C=C\CCCCCC(=O)OC[C@H](COP(=O)([O-])OCC[N+](C)(C)C)OC(=O)CCC/C=C\C[C@H]1C(=O)C[C@@H](O)[C@@H]1/C=C/[C@@H](O)CCCCC. The van der Waals surface area contributed by atoms with Gasteiger partial charge < -0.3 is 38.1 Å². The summed E-state index contributed by atoms with van der Waals surface area (Å²) < 4.78 is 33.8. The Bertz CT molecular complexity index is 1460. The summed E-state index contributed by atoms with van der Waals surface area (Å²) >= 11 is 0. The molecular formula is C50H84NO11P. The Labute approximate surface area is 380 Å². The van der Waals surface area contributed by atoms with Gasteiger partial charge in [-0.2, -0.15) is 0 Å². The zero-order valence-corrected chi connectivity index (χ0v) is 40.4. The monoisotopic (exact) mass is 906 g/mol. The summed E-state index contributed by atoms with van der Waals surface area (Å²) in [6.07, 6.45) is 38.6. The Hall–Kier alpha value is -2.96. The molecule has 1 saturated carbocycles. The highest BCUT2D eigenvalue weighted by Gasteiger charge is 2.39. The normalized spacial score (nSPS) is 19.4. The third kappa shape index (κ3) is 33.2. The van der Waals surface area contributed by atoms with E-state index in [-0.39, 0.29) is 50.1 Å². The van der Waals surface area contributed by atoms with Crippen molar-refractivity contribution in [3.63, 3.8) is 0 Å². The number of hydrogen-bond donors (Lipinski definition) is 2. The molecule has 0 radical (unpaired) electrons. The first kappa shape index (κ1) is 58.1. The van der Waals surface area contributed by atoms with Crippen LogP contribution in [-0.2, 0) is 37.5 Å². The van der Waals surface area contributed by atoms with Crippen LogP contribution >= 0.6 is 7.82 Å². The predicted molar refractivity (Wildman–Crippen MR) is 250 cm³/mol. The number of phosphoric acid groups is 1. The van der Waals surface area contributed by atoms with Crippen LogP contribution < -0.4 is 4.89 Å². The van der Waals surface area contributed by atoms with Gasteiger partial charge in [0.2, 0.25) is 0 Å². The second kappa shape index (κ2) is 36.3. The molecule has 6 atom stereocenters. The lowest BCUT2D eigenvalue weighted by atomic mass is 9.90. The number of esters is 2. The maximum Gasteiger partial charge on any atom is 0.306 e. The number of quaternary nitrogens is 1. The summed E-state index contributed by atoms with van der Waals surface area (Å²) in [7, 11) is 0.970. The largest absolute Gasteiger partial charge is 0.756 e. The molecule has 13 heteroatoms. The average molecular weight is 906 g/mol. The van der Waals surface area contributed by atoms with Gasteiger partial charge in [0.05, 0.1) is 40.0 Å². The molecule has 360 valence electrons. The number of unbranched alkanes of at least 4 members (excludes halogenated alkanes) is 9. The van der Waals surface area contributed by atoms with E-state index in [9.17, 15) is 34.1 Å². The number of carbonyl (C=O) groups excluding carboxylic acids is 3. The Morgan fingerprint density at radius 1 is 0.762 bits per heavy atom. The number of rotatable bonds is 38. The molecule has 1 fully saturated rings. The smallest absolute Gasteiger partial charge is 0.306 e. The first-order chi connectivity index (χ1) is 30.2. The van der Waals surface area contributed by atoms with Crippen molar-refractivity contribution in [1.82, 2.24) is 0 Å². The summed E-state index contributed by atoms with van der Waals surface area (Å²) in [4.78, 5) is 50.4. The van der Waals surface area contributed by atoms with Crippen molar-refractivity contribution in [3.05, 3.63) is 72.9 Å². The molecule has 0 aromatic heterocycles. The van der Waals surface area contributed by atoms with Crippen LogP contribution in [0.2, 0.25) is 0 Å². The standard InChI is InChI=1S/C50H84NO11P/c1-6-8-10-11-12-13-14-15-16-17-18-19-20-21-22-23-24-25-30-34-49(55)59-41-44(42-61-63(57,58)60-39-38-51(3,4)5)62-50(56)35-31-27-26-29-33-45-46(48(54)40-47(45)53)37-36-43(52)32-28-9-7-2/h12-13,15-16,18-19,21-22,26,29,36-37,43-46,48,52,54H,6-11,14,17,20,23-25,27-28,30-35,38-42H2,1-5H3/b13-12-,16-15-,19-18-,22-21-,29-26-,37-36+/t43-,44+,45+,46+,48+/m0/s1. The molecule has 0 heterocycles. The van der Waals surface area contributed by atoms with E-state index in [1.807, 2.05) is 33.3 Å². The van der Waals surface area contributed by atoms with E-state index in [0.717, 1.165) is 57.8 Å². The van der Waals surface area contributed by atoms with Crippen molar-refractivity contribution < 1.29 is 57.1 Å². The predicted octanol–water partition coefficient (Wildman–Crippen LogP) is 9.76. The molecule has 0 bridgehead atoms. The lowest BCUT2D eigenvalue weighted by Crippen LogP contribution is -2.37. The molecule has 12 nitrogen and oxygen atoms in total. The lowest BCUT2D eigenvalue weighted by molar-refractivity contribution is -0.870. The number of carbonyl (C=O) groups is 3. The van der Waals surface area contributed by atoms with E-state index in [2.05, 4.69) is 62.5 Å². The summed E-state index contributed by atoms with van der Waals surface area (Å²) in [5, 5.41) is 20.7. The molecule has 0 spiro atoms. The molecule has 0 aromatic carbocycles. The number of ether oxygens (including phenoxy) is 2. The van der Waals surface area contributed by atoms with Gasteiger partial charge in [0.25, 0.3) is 7.82 Å². The highest BCUT2D eigenvalue weighted by atomic mass is 31.2. The Balaban J connectivity index is 2.50. The van der Waals surface area contributed by atoms with E-state index in [4.69, 9.17) is 18.5 Å². The number of likely N-dealkylation sites (N-methyl/N-ethyl adjacent to an activating group) is 1. The van der Waals surface area contributed by atoms with Crippen LogP contribution in [0.25, 0.3) is 0 Å². The van der Waals surface area contributed by atoms with Gasteiger partial charge in [-0.15, -0.1) is 0 Å². The number of allylic oxidation sites excluding steroid dienone is 10. The molecule has 2 N–H and O–H groups in total. The van der Waals surface area contributed by atoms with Gasteiger partial charge >= 0.3 is 11.9 Å². The van der Waals surface area contributed by atoms with Crippen LogP contribution in [0, 0.1) is 11.8 Å². The second-order valence-corrected chi connectivity index (χ2v) is 19.0. The van der Waals surface area contributed by atoms with Gasteiger partial charge in [-0.25, -0.2) is 0 Å². The highest BCUT2D eigenvalue weighted by Crippen LogP contribution is 2.38. The molecule has 1 aliphatic rings. The summed E-state index contributed by atoms with van der Waals surface area (Å²) in [6.45, 7) is 3.73. The molecule has 0 aromatic rings. The molecule has 0 amide bonds. The fourth-order valence-corrected chi connectivity index (χ4v) is 7.46. The minimum absolute atomic E-state index is 0.0144. The van der Waals surface area contributed by atoms with Crippen molar-refractivity contribution in [1.29, 1.82) is 0 Å². The minimum Gasteiger partial charge on any atom is -0.756 e. The first-order valence-corrected chi connectivity index (χ1v) is 25.2. The minimum atomic E-state index is -4.72. The van der Waals surface area contributed by atoms with Crippen LogP contribution in [0.3, 0.4) is 0 Å². The zero-order chi connectivity index (χ0) is 46.6. The number of ketones is 1. The number of aliphatic hydroxyl groups is 2. The van der Waals surface area contributed by atoms with E-state index in [1.54, 1.807) is 12.2 Å². The maximum absolute atomic E-state index is 12.8. The van der Waals surface area contributed by atoms with Crippen molar-refractivity contribution in [2.24, 2.45) is 11.8 Å². The number of aliphatic hydroxyl groups excluding tert-OH is 2. The number of hydrogen-bond acceptors (Lipinski definition) is 11. The number of phosphoric ester groups is 1. The zero-order valence-electron chi connectivity index (χ0n) is 39.5. The Morgan fingerprint density at radius 2 is 1.33 bits per heavy atom. The second-order valence-electron chi connectivity index (χ2n) is 17.5. The third-order valence-electron chi connectivity index (χ3n) is 10.6. The van der Waals surface area contributed by atoms with Crippen LogP contribution in [-0.4, -0.2) is 98.2 Å². The van der Waals surface area contributed by atoms with Gasteiger partial charge in [0.1, 0.15) is 25.5 Å². The average Bonchev–Trinajstić information content (AvgIpc) is 3.50. The Kier molecular flexibility index (Phi) is 33.4. The first-order valence-electron chi connectivity index (χ1n) is 23.7. The molecule has 0 aliphatic heterocycles. The van der Waals surface area contributed by atoms with Crippen molar-refractivity contribution in [2.45, 2.75) is 167 Å². The Morgan fingerprint density at radius 3 is 1.97 bits per heavy atom. The molecular weight excluding hydrogens is 822 g/mol. The van der Waals surface area contributed by atoms with E-state index >= 15 is 0 Å². The summed E-state index contributed by atoms with van der Waals surface area (Å²) in [6, 6.07) is 0. The summed E-state index contributed by atoms with van der Waals surface area (Å²) in [5.74, 6) is -1.83. The van der Waals surface area contributed by atoms with Gasteiger partial charge in [0.15, 0.2) is 6.10 Å². The van der Waals surface area contributed by atoms with Crippen molar-refractivity contribution in [3.8, 4) is 0 Å². The van der Waals surface area contributed by atoms with Crippen LogP contribution in [0.5, 0.6) is 0 Å². The van der Waals surface area contributed by atoms with E-state index < -0.39 is 44.7 Å². The van der Waals surface area contributed by atoms with Crippen molar-refractivity contribution in [2.75, 3.05) is 47.5 Å².